The highest BCUT2D eigenvalue weighted by molar-refractivity contribution is 5.93. The van der Waals surface area contributed by atoms with Crippen LogP contribution >= 0.6 is 0 Å². The number of benzene rings is 2. The Morgan fingerprint density at radius 3 is 1.23 bits per heavy atom. The normalized spacial score (nSPS) is 12.3. The van der Waals surface area contributed by atoms with Crippen LogP contribution in [0.1, 0.15) is 91.2 Å². The van der Waals surface area contributed by atoms with E-state index in [1.165, 1.54) is 0 Å². The van der Waals surface area contributed by atoms with Gasteiger partial charge in [0.2, 0.25) is 0 Å². The molecule has 2 aromatic rings. The molecule has 0 spiro atoms. The molecule has 0 fully saturated rings. The number of hydrogen-bond acceptors (Lipinski definition) is 11. The third-order valence-electron chi connectivity index (χ3n) is 6.96. The molecule has 15 heteroatoms. The highest BCUT2D eigenvalue weighted by Crippen LogP contribution is 2.13. The maximum Gasteiger partial charge on any atom is 0.408 e. The van der Waals surface area contributed by atoms with Crippen LogP contribution in [0.15, 0.2) is 60.7 Å². The summed E-state index contributed by atoms with van der Waals surface area (Å²) in [5.74, 6) is -2.12. The molecule has 0 aliphatic carbocycles. The van der Waals surface area contributed by atoms with E-state index >= 15 is 0 Å². The predicted octanol–water partition coefficient (Wildman–Crippen LogP) is 6.04. The second-order valence-electron chi connectivity index (χ2n) is 14.1. The van der Waals surface area contributed by atoms with Crippen LogP contribution in [0.25, 0.3) is 0 Å². The van der Waals surface area contributed by atoms with Crippen LogP contribution in [0.4, 0.5) is 19.2 Å². The van der Waals surface area contributed by atoms with Crippen molar-refractivity contribution >= 4 is 36.3 Å². The molecule has 0 aliphatic heterocycles. The first-order valence-electron chi connectivity index (χ1n) is 17.6. The molecule has 4 amide bonds. The van der Waals surface area contributed by atoms with E-state index in [4.69, 9.17) is 23.7 Å². The predicted molar refractivity (Wildman–Crippen MR) is 194 cm³/mol. The van der Waals surface area contributed by atoms with E-state index in [0.29, 0.717) is 25.7 Å². The molecule has 0 saturated carbocycles. The Hall–Kier alpha value is -5.34. The van der Waals surface area contributed by atoms with Crippen molar-refractivity contribution in [2.24, 2.45) is 0 Å². The first-order valence-corrected chi connectivity index (χ1v) is 17.6. The molecule has 2 rings (SSSR count). The number of nitrogens with one attached hydrogen (secondary N) is 4. The molecule has 15 nitrogen and oxygen atoms in total. The lowest BCUT2D eigenvalue weighted by atomic mass is 10.1. The van der Waals surface area contributed by atoms with Crippen molar-refractivity contribution < 1.29 is 52.5 Å². The van der Waals surface area contributed by atoms with E-state index in [0.717, 1.165) is 11.1 Å². The monoisotopic (exact) mass is 742 g/mol. The van der Waals surface area contributed by atoms with E-state index in [9.17, 15) is 28.8 Å². The fraction of sp³-hybridized carbons (Fsp3) is 0.526. The van der Waals surface area contributed by atoms with Gasteiger partial charge < -0.3 is 45.0 Å². The maximum atomic E-state index is 13.3. The Labute approximate surface area is 311 Å². The summed E-state index contributed by atoms with van der Waals surface area (Å²) >= 11 is 0. The van der Waals surface area contributed by atoms with Crippen LogP contribution in [-0.4, -0.2) is 72.7 Å². The van der Waals surface area contributed by atoms with Gasteiger partial charge in [-0.15, -0.1) is 0 Å². The number of ether oxygens (including phenoxy) is 5. The second-order valence-corrected chi connectivity index (χ2v) is 14.1. The average molecular weight is 743 g/mol. The second kappa shape index (κ2) is 22.6. The van der Waals surface area contributed by atoms with Crippen molar-refractivity contribution in [1.29, 1.82) is 0 Å². The first-order chi connectivity index (χ1) is 25.0. The van der Waals surface area contributed by atoms with E-state index in [2.05, 4.69) is 21.3 Å². The van der Waals surface area contributed by atoms with Crippen LogP contribution in [0.3, 0.4) is 0 Å². The molecule has 0 radical (unpaired) electrons. The molecule has 0 saturated heterocycles. The lowest BCUT2D eigenvalue weighted by molar-refractivity contribution is -0.163. The van der Waals surface area contributed by atoms with Gasteiger partial charge in [-0.2, -0.15) is 0 Å². The van der Waals surface area contributed by atoms with Gasteiger partial charge in [0.15, 0.2) is 0 Å². The summed E-state index contributed by atoms with van der Waals surface area (Å²) in [6, 6.07) is 15.8. The molecule has 53 heavy (non-hydrogen) atoms. The highest BCUT2D eigenvalue weighted by Gasteiger charge is 2.31. The van der Waals surface area contributed by atoms with Gasteiger partial charge >= 0.3 is 36.3 Å². The number of carbonyl (C=O) groups is 6. The lowest BCUT2D eigenvalue weighted by Crippen LogP contribution is -2.48. The van der Waals surface area contributed by atoms with Crippen molar-refractivity contribution in [3.63, 3.8) is 0 Å². The fourth-order valence-corrected chi connectivity index (χ4v) is 4.52. The van der Waals surface area contributed by atoms with Gasteiger partial charge in [0.05, 0.1) is 0 Å². The fourth-order valence-electron chi connectivity index (χ4n) is 4.52. The van der Waals surface area contributed by atoms with Crippen LogP contribution in [0, 0.1) is 0 Å². The Kier molecular flexibility index (Phi) is 18.7. The third-order valence-corrected chi connectivity index (χ3v) is 6.96. The number of rotatable bonds is 18. The topological polar surface area (TPSA) is 197 Å². The molecule has 0 aliphatic rings. The zero-order valence-corrected chi connectivity index (χ0v) is 31.5. The molecular formula is C38H54N4O11. The number of unbranched alkanes of at least 4 members (excludes halogenated alkanes) is 2. The molecule has 2 atom stereocenters. The average Bonchev–Trinajstić information content (AvgIpc) is 3.07. The molecule has 0 heterocycles. The summed E-state index contributed by atoms with van der Waals surface area (Å²) in [5, 5.41) is 10.2. The number of alkyl carbamates (subject to hydrolysis) is 4. The highest BCUT2D eigenvalue weighted by atomic mass is 16.6. The molecule has 0 aromatic heterocycles. The number of carbonyl (C=O) groups excluding carboxylic acids is 6. The minimum Gasteiger partial charge on any atom is -0.445 e. The van der Waals surface area contributed by atoms with Crippen molar-refractivity contribution in [2.75, 3.05) is 13.1 Å². The third kappa shape index (κ3) is 20.9. The zero-order valence-electron chi connectivity index (χ0n) is 31.5. The summed E-state index contributed by atoms with van der Waals surface area (Å²) in [7, 11) is 0. The number of esters is 2. The van der Waals surface area contributed by atoms with Gasteiger partial charge in [0.1, 0.15) is 36.5 Å². The van der Waals surface area contributed by atoms with Crippen molar-refractivity contribution in [2.45, 2.75) is 117 Å². The first kappa shape index (κ1) is 43.8. The Morgan fingerprint density at radius 1 is 0.528 bits per heavy atom. The minimum atomic E-state index is -1.29. The van der Waals surface area contributed by atoms with Gasteiger partial charge in [0.25, 0.3) is 0 Å². The van der Waals surface area contributed by atoms with Crippen molar-refractivity contribution in [1.82, 2.24) is 21.3 Å². The molecule has 2 unspecified atom stereocenters. The minimum absolute atomic E-state index is 0.0440. The van der Waals surface area contributed by atoms with Gasteiger partial charge in [-0.05, 0) is 91.2 Å². The van der Waals surface area contributed by atoms with Crippen LogP contribution in [-0.2, 0) is 46.5 Å². The lowest BCUT2D eigenvalue weighted by Gasteiger charge is -2.24. The summed E-state index contributed by atoms with van der Waals surface area (Å²) in [4.78, 5) is 75.9. The summed E-state index contributed by atoms with van der Waals surface area (Å²) in [5.41, 5.74) is -0.0593. The van der Waals surface area contributed by atoms with Crippen LogP contribution in [0.2, 0.25) is 0 Å². The van der Waals surface area contributed by atoms with Crippen LogP contribution in [0.5, 0.6) is 0 Å². The summed E-state index contributed by atoms with van der Waals surface area (Å²) in [6.45, 7) is 10.6. The quantitative estimate of drug-likeness (QED) is 0.0602. The number of hydrogen-bond donors (Lipinski definition) is 4. The van der Waals surface area contributed by atoms with Gasteiger partial charge in [-0.25, -0.2) is 28.8 Å². The van der Waals surface area contributed by atoms with E-state index < -0.39 is 59.6 Å². The molecule has 0 bridgehead atoms. The molecule has 2 aromatic carbocycles. The number of amides is 4. The summed E-state index contributed by atoms with van der Waals surface area (Å²) in [6.07, 6.45) is -1.43. The summed E-state index contributed by atoms with van der Waals surface area (Å²) < 4.78 is 26.1. The molecule has 292 valence electrons. The smallest absolute Gasteiger partial charge is 0.408 e. The van der Waals surface area contributed by atoms with Gasteiger partial charge in [-0.1, -0.05) is 60.7 Å². The zero-order chi connectivity index (χ0) is 39.3. The molecular weight excluding hydrogens is 688 g/mol. The van der Waals surface area contributed by atoms with E-state index in [-0.39, 0.29) is 39.1 Å². The van der Waals surface area contributed by atoms with Gasteiger partial charge in [0, 0.05) is 13.1 Å². The Morgan fingerprint density at radius 2 is 0.887 bits per heavy atom. The van der Waals surface area contributed by atoms with Crippen molar-refractivity contribution in [3.8, 4) is 0 Å². The largest absolute Gasteiger partial charge is 0.445 e. The standard InChI is InChI=1S/C38H54N4O11/c1-37(2,3)52-35(47)41-29(21-13-15-23-39-33(45)49-25-27-17-9-7-10-18-27)31(43)51-32(44)30(42-36(48)53-38(4,5)6)22-14-16-24-40-34(46)50-26-28-19-11-8-12-20-28/h7-12,17-20,29-30H,13-16,21-26H2,1-6H3,(H,39,45)(H,40,46)(H,41,47)(H,42,48). The Bertz CT molecular complexity index is 1350. The van der Waals surface area contributed by atoms with E-state index in [1.54, 1.807) is 41.5 Å². The van der Waals surface area contributed by atoms with Gasteiger partial charge in [-0.3, -0.25) is 0 Å². The van der Waals surface area contributed by atoms with Crippen molar-refractivity contribution in [3.05, 3.63) is 71.8 Å². The molecule has 4 N–H and O–H groups in total. The maximum absolute atomic E-state index is 13.3. The van der Waals surface area contributed by atoms with Crippen LogP contribution < -0.4 is 21.3 Å². The Balaban J connectivity index is 1.94. The SMILES string of the molecule is CC(C)(C)OC(=O)NC(CCCCNC(=O)OCc1ccccc1)C(=O)OC(=O)C(CCCCNC(=O)OCc1ccccc1)NC(=O)OC(C)(C)C. The van der Waals surface area contributed by atoms with E-state index in [1.807, 2.05) is 60.7 Å².